The standard InChI is InChI=1S/C15H26N4/c1-10(2)13-17-12(16)11(3)14(18-13)19-8-6-15(4,5)7-9-19/h10H,6-9H2,1-5H3,(H2,16,17,18). The molecular formula is C15H26N4. The van der Waals surface area contributed by atoms with Crippen LogP contribution in [0.2, 0.25) is 0 Å². The zero-order chi connectivity index (χ0) is 14.2. The lowest BCUT2D eigenvalue weighted by Crippen LogP contribution is -2.38. The largest absolute Gasteiger partial charge is 0.383 e. The minimum Gasteiger partial charge on any atom is -0.383 e. The molecule has 2 heterocycles. The van der Waals surface area contributed by atoms with Crippen molar-refractivity contribution in [2.75, 3.05) is 23.7 Å². The summed E-state index contributed by atoms with van der Waals surface area (Å²) >= 11 is 0. The van der Waals surface area contributed by atoms with Gasteiger partial charge in [0.2, 0.25) is 0 Å². The van der Waals surface area contributed by atoms with Crippen LogP contribution in [0.15, 0.2) is 0 Å². The molecule has 0 radical (unpaired) electrons. The van der Waals surface area contributed by atoms with Crippen molar-refractivity contribution >= 4 is 11.6 Å². The van der Waals surface area contributed by atoms with Gasteiger partial charge in [-0.05, 0) is 25.2 Å². The summed E-state index contributed by atoms with van der Waals surface area (Å²) in [6, 6.07) is 0. The number of nitrogens with zero attached hydrogens (tertiary/aromatic N) is 3. The quantitative estimate of drug-likeness (QED) is 0.889. The van der Waals surface area contributed by atoms with Crippen LogP contribution in [0.5, 0.6) is 0 Å². The Labute approximate surface area is 116 Å². The summed E-state index contributed by atoms with van der Waals surface area (Å²) in [5.74, 6) is 2.82. The first-order valence-corrected chi connectivity index (χ1v) is 7.19. The summed E-state index contributed by atoms with van der Waals surface area (Å²) in [5.41, 5.74) is 7.51. The molecule has 1 aliphatic heterocycles. The molecule has 19 heavy (non-hydrogen) atoms. The zero-order valence-corrected chi connectivity index (χ0v) is 12.8. The van der Waals surface area contributed by atoms with Crippen molar-refractivity contribution in [1.82, 2.24) is 9.97 Å². The zero-order valence-electron chi connectivity index (χ0n) is 12.8. The van der Waals surface area contributed by atoms with Crippen LogP contribution in [-0.2, 0) is 0 Å². The van der Waals surface area contributed by atoms with Crippen molar-refractivity contribution in [3.63, 3.8) is 0 Å². The highest BCUT2D eigenvalue weighted by Gasteiger charge is 2.27. The monoisotopic (exact) mass is 262 g/mol. The fourth-order valence-electron chi connectivity index (χ4n) is 2.43. The van der Waals surface area contributed by atoms with Crippen LogP contribution in [-0.4, -0.2) is 23.1 Å². The third kappa shape index (κ3) is 2.99. The normalized spacial score (nSPS) is 18.9. The molecule has 1 fully saturated rings. The van der Waals surface area contributed by atoms with E-state index in [0.717, 1.165) is 30.3 Å². The third-order valence-corrected chi connectivity index (χ3v) is 4.11. The molecule has 1 aliphatic rings. The Hall–Kier alpha value is -1.32. The van der Waals surface area contributed by atoms with E-state index in [0.29, 0.717) is 17.2 Å². The van der Waals surface area contributed by atoms with Crippen molar-refractivity contribution in [2.45, 2.75) is 53.4 Å². The molecule has 1 saturated heterocycles. The maximum Gasteiger partial charge on any atom is 0.137 e. The second-order valence-electron chi connectivity index (χ2n) is 6.72. The SMILES string of the molecule is Cc1c(N)nc(C(C)C)nc1N1CCC(C)(C)CC1. The number of rotatable bonds is 2. The first kappa shape index (κ1) is 14.1. The lowest BCUT2D eigenvalue weighted by molar-refractivity contribution is 0.279. The number of nitrogen functional groups attached to an aromatic ring is 1. The average Bonchev–Trinajstić information content (AvgIpc) is 2.32. The summed E-state index contributed by atoms with van der Waals surface area (Å²) < 4.78 is 0. The molecule has 106 valence electrons. The number of aromatic nitrogens is 2. The van der Waals surface area contributed by atoms with Gasteiger partial charge in [0, 0.05) is 24.6 Å². The van der Waals surface area contributed by atoms with E-state index >= 15 is 0 Å². The molecule has 0 bridgehead atoms. The van der Waals surface area contributed by atoms with E-state index in [1.165, 1.54) is 12.8 Å². The van der Waals surface area contributed by atoms with Gasteiger partial charge >= 0.3 is 0 Å². The van der Waals surface area contributed by atoms with Crippen LogP contribution >= 0.6 is 0 Å². The molecule has 0 aliphatic carbocycles. The number of hydrogen-bond acceptors (Lipinski definition) is 4. The van der Waals surface area contributed by atoms with Crippen LogP contribution in [0, 0.1) is 12.3 Å². The van der Waals surface area contributed by atoms with Gasteiger partial charge in [-0.1, -0.05) is 27.7 Å². The number of piperidine rings is 1. The average molecular weight is 262 g/mol. The van der Waals surface area contributed by atoms with Crippen LogP contribution < -0.4 is 10.6 Å². The maximum absolute atomic E-state index is 6.04. The van der Waals surface area contributed by atoms with Gasteiger partial charge in [-0.2, -0.15) is 0 Å². The Morgan fingerprint density at radius 3 is 2.26 bits per heavy atom. The van der Waals surface area contributed by atoms with Gasteiger partial charge in [0.25, 0.3) is 0 Å². The molecule has 0 unspecified atom stereocenters. The smallest absolute Gasteiger partial charge is 0.137 e. The fourth-order valence-corrected chi connectivity index (χ4v) is 2.43. The van der Waals surface area contributed by atoms with Crippen molar-refractivity contribution in [2.24, 2.45) is 5.41 Å². The number of nitrogens with two attached hydrogens (primary N) is 1. The van der Waals surface area contributed by atoms with Crippen LogP contribution in [0.3, 0.4) is 0 Å². The summed E-state index contributed by atoms with van der Waals surface area (Å²) in [5, 5.41) is 0. The van der Waals surface area contributed by atoms with E-state index < -0.39 is 0 Å². The Morgan fingerprint density at radius 2 is 1.74 bits per heavy atom. The molecule has 0 saturated carbocycles. The van der Waals surface area contributed by atoms with E-state index in [2.05, 4.69) is 37.6 Å². The second-order valence-corrected chi connectivity index (χ2v) is 6.72. The molecule has 1 aromatic rings. The summed E-state index contributed by atoms with van der Waals surface area (Å²) in [7, 11) is 0. The molecule has 0 spiro atoms. The summed E-state index contributed by atoms with van der Waals surface area (Å²) in [4.78, 5) is 11.5. The highest BCUT2D eigenvalue weighted by molar-refractivity contribution is 5.56. The molecule has 2 N–H and O–H groups in total. The predicted molar refractivity (Wildman–Crippen MR) is 80.5 cm³/mol. The lowest BCUT2D eigenvalue weighted by atomic mass is 9.82. The molecule has 0 aromatic carbocycles. The highest BCUT2D eigenvalue weighted by atomic mass is 15.2. The molecule has 0 amide bonds. The molecule has 2 rings (SSSR count). The Kier molecular flexibility index (Phi) is 3.70. The molecule has 4 heteroatoms. The third-order valence-electron chi connectivity index (χ3n) is 4.11. The first-order valence-electron chi connectivity index (χ1n) is 7.19. The van der Waals surface area contributed by atoms with Gasteiger partial charge in [0.15, 0.2) is 0 Å². The second kappa shape index (κ2) is 4.99. The maximum atomic E-state index is 6.04. The molecule has 1 aromatic heterocycles. The Morgan fingerprint density at radius 1 is 1.16 bits per heavy atom. The van der Waals surface area contributed by atoms with Gasteiger partial charge in [-0.25, -0.2) is 9.97 Å². The summed E-state index contributed by atoms with van der Waals surface area (Å²) in [6.07, 6.45) is 2.40. The minimum absolute atomic E-state index is 0.308. The van der Waals surface area contributed by atoms with E-state index in [-0.39, 0.29) is 0 Å². The van der Waals surface area contributed by atoms with E-state index in [1.54, 1.807) is 0 Å². The first-order chi connectivity index (χ1) is 8.80. The van der Waals surface area contributed by atoms with Gasteiger partial charge in [0.1, 0.15) is 17.5 Å². The van der Waals surface area contributed by atoms with Gasteiger partial charge in [-0.15, -0.1) is 0 Å². The van der Waals surface area contributed by atoms with Crippen LogP contribution in [0.25, 0.3) is 0 Å². The molecule has 0 atom stereocenters. The number of anilines is 2. The Balaban J connectivity index is 2.29. The molecule has 4 nitrogen and oxygen atoms in total. The van der Waals surface area contributed by atoms with Crippen LogP contribution in [0.4, 0.5) is 11.6 Å². The topological polar surface area (TPSA) is 55.0 Å². The number of hydrogen-bond donors (Lipinski definition) is 1. The Bertz CT molecular complexity index is 455. The van der Waals surface area contributed by atoms with Gasteiger partial charge in [-0.3, -0.25) is 0 Å². The lowest BCUT2D eigenvalue weighted by Gasteiger charge is -2.38. The van der Waals surface area contributed by atoms with Crippen molar-refractivity contribution < 1.29 is 0 Å². The predicted octanol–water partition coefficient (Wildman–Crippen LogP) is 3.12. The van der Waals surface area contributed by atoms with Gasteiger partial charge in [0.05, 0.1) is 0 Å². The minimum atomic E-state index is 0.308. The van der Waals surface area contributed by atoms with Crippen LogP contribution in [0.1, 0.15) is 57.8 Å². The van der Waals surface area contributed by atoms with E-state index in [4.69, 9.17) is 10.7 Å². The highest BCUT2D eigenvalue weighted by Crippen LogP contribution is 2.33. The van der Waals surface area contributed by atoms with E-state index in [1.807, 2.05) is 6.92 Å². The van der Waals surface area contributed by atoms with Crippen molar-refractivity contribution in [1.29, 1.82) is 0 Å². The van der Waals surface area contributed by atoms with Crippen molar-refractivity contribution in [3.8, 4) is 0 Å². The summed E-state index contributed by atoms with van der Waals surface area (Å²) in [6.45, 7) is 13.0. The van der Waals surface area contributed by atoms with Gasteiger partial charge < -0.3 is 10.6 Å². The van der Waals surface area contributed by atoms with Crippen molar-refractivity contribution in [3.05, 3.63) is 11.4 Å². The van der Waals surface area contributed by atoms with E-state index in [9.17, 15) is 0 Å². The molecular weight excluding hydrogens is 236 g/mol. The fraction of sp³-hybridized carbons (Fsp3) is 0.733.